The van der Waals surface area contributed by atoms with Crippen molar-refractivity contribution in [2.75, 3.05) is 34.4 Å². The van der Waals surface area contributed by atoms with Gasteiger partial charge in [0.1, 0.15) is 5.75 Å². The van der Waals surface area contributed by atoms with Gasteiger partial charge in [0.25, 0.3) is 0 Å². The molecule has 4 heteroatoms. The van der Waals surface area contributed by atoms with E-state index in [1.165, 1.54) is 50.6 Å². The second kappa shape index (κ2) is 8.38. The topological polar surface area (TPSA) is 30.9 Å². The van der Waals surface area contributed by atoms with Gasteiger partial charge in [-0.05, 0) is 85.5 Å². The third-order valence-electron chi connectivity index (χ3n) is 8.29. The lowest BCUT2D eigenvalue weighted by Gasteiger charge is -2.59. The molecule has 1 saturated carbocycles. The molecule has 2 aromatic carbocycles. The summed E-state index contributed by atoms with van der Waals surface area (Å²) in [6.07, 6.45) is 8.97. The standard InChI is InChI=1S/C27H35NO3/c1-29-21-9-8-20-17-24-22-6-4-5-12-27(22,23(20)18-21)13-15-28(24)14-11-19-7-10-25(30-2)26(16-19)31-3/h7-10,16,18,22,24H,4-6,11-15,17H2,1-3H3. The van der Waals surface area contributed by atoms with E-state index in [-0.39, 0.29) is 0 Å². The summed E-state index contributed by atoms with van der Waals surface area (Å²) in [6, 6.07) is 13.9. The van der Waals surface area contributed by atoms with Crippen LogP contribution in [0, 0.1) is 5.92 Å². The summed E-state index contributed by atoms with van der Waals surface area (Å²) in [7, 11) is 5.20. The van der Waals surface area contributed by atoms with Gasteiger partial charge >= 0.3 is 0 Å². The van der Waals surface area contributed by atoms with Crippen LogP contribution >= 0.6 is 0 Å². The molecule has 0 radical (unpaired) electrons. The van der Waals surface area contributed by atoms with Gasteiger partial charge in [0.15, 0.2) is 11.5 Å². The van der Waals surface area contributed by atoms with Gasteiger partial charge in [0.2, 0.25) is 0 Å². The summed E-state index contributed by atoms with van der Waals surface area (Å²) >= 11 is 0. The van der Waals surface area contributed by atoms with Gasteiger partial charge in [0, 0.05) is 18.0 Å². The summed E-state index contributed by atoms with van der Waals surface area (Å²) in [5, 5.41) is 0. The lowest BCUT2D eigenvalue weighted by Crippen LogP contribution is -2.61. The number of fused-ring (bicyclic) bond motifs is 1. The number of hydrogen-bond acceptors (Lipinski definition) is 4. The Bertz CT molecular complexity index is 942. The normalized spacial score (nSPS) is 27.2. The average molecular weight is 422 g/mol. The highest BCUT2D eigenvalue weighted by molar-refractivity contribution is 5.46. The number of methoxy groups -OCH3 is 3. The van der Waals surface area contributed by atoms with E-state index in [0.29, 0.717) is 11.5 Å². The van der Waals surface area contributed by atoms with E-state index >= 15 is 0 Å². The fraction of sp³-hybridized carbons (Fsp3) is 0.556. The molecule has 0 aromatic heterocycles. The molecule has 2 aliphatic carbocycles. The molecule has 1 heterocycles. The molecule has 3 aliphatic rings. The second-order valence-electron chi connectivity index (χ2n) is 9.53. The Hall–Kier alpha value is -2.20. The van der Waals surface area contributed by atoms with Crippen LogP contribution in [0.5, 0.6) is 17.2 Å². The molecular formula is C27H35NO3. The van der Waals surface area contributed by atoms with Crippen molar-refractivity contribution in [1.29, 1.82) is 0 Å². The SMILES string of the molecule is COc1ccc2c(c1)C13CCCCC1C(C2)N(CCc1ccc(OC)c(OC)c1)CC3. The fourth-order valence-electron chi connectivity index (χ4n) is 6.78. The average Bonchev–Trinajstić information content (AvgIpc) is 2.83. The van der Waals surface area contributed by atoms with Gasteiger partial charge in [-0.3, -0.25) is 4.90 Å². The Morgan fingerprint density at radius 3 is 2.61 bits per heavy atom. The Balaban J connectivity index is 1.39. The Morgan fingerprint density at radius 1 is 0.935 bits per heavy atom. The smallest absolute Gasteiger partial charge is 0.160 e. The zero-order chi connectivity index (χ0) is 21.4. The van der Waals surface area contributed by atoms with E-state index in [1.54, 1.807) is 32.5 Å². The van der Waals surface area contributed by atoms with E-state index in [4.69, 9.17) is 14.2 Å². The first kappa shape index (κ1) is 20.7. The quantitative estimate of drug-likeness (QED) is 0.656. The second-order valence-corrected chi connectivity index (χ2v) is 9.53. The van der Waals surface area contributed by atoms with Crippen LogP contribution in [-0.2, 0) is 18.3 Å². The first-order chi connectivity index (χ1) is 15.2. The number of benzene rings is 2. The third-order valence-corrected chi connectivity index (χ3v) is 8.29. The number of ether oxygens (including phenoxy) is 3. The highest BCUT2D eigenvalue weighted by Gasteiger charge is 2.53. The third kappa shape index (κ3) is 3.49. The van der Waals surface area contributed by atoms with Crippen molar-refractivity contribution >= 4 is 0 Å². The summed E-state index contributed by atoms with van der Waals surface area (Å²) in [5.41, 5.74) is 4.84. The molecule has 0 amide bonds. The van der Waals surface area contributed by atoms with Crippen molar-refractivity contribution < 1.29 is 14.2 Å². The van der Waals surface area contributed by atoms with Gasteiger partial charge in [-0.1, -0.05) is 25.0 Å². The van der Waals surface area contributed by atoms with Crippen LogP contribution in [0.15, 0.2) is 36.4 Å². The molecule has 2 bridgehead atoms. The first-order valence-electron chi connectivity index (χ1n) is 11.8. The highest BCUT2D eigenvalue weighted by Crippen LogP contribution is 2.56. The van der Waals surface area contributed by atoms with E-state index < -0.39 is 0 Å². The Labute approximate surface area is 186 Å². The molecule has 0 N–H and O–H groups in total. The lowest BCUT2D eigenvalue weighted by molar-refractivity contribution is -0.0107. The summed E-state index contributed by atoms with van der Waals surface area (Å²) in [4.78, 5) is 2.79. The largest absolute Gasteiger partial charge is 0.497 e. The zero-order valence-corrected chi connectivity index (χ0v) is 19.2. The molecule has 3 atom stereocenters. The molecule has 1 saturated heterocycles. The number of nitrogens with zero attached hydrogens (tertiary/aromatic N) is 1. The molecular weight excluding hydrogens is 386 g/mol. The van der Waals surface area contributed by atoms with Crippen molar-refractivity contribution in [3.05, 3.63) is 53.1 Å². The minimum absolute atomic E-state index is 0.366. The van der Waals surface area contributed by atoms with Crippen LogP contribution in [0.2, 0.25) is 0 Å². The predicted molar refractivity (Wildman–Crippen MR) is 124 cm³/mol. The molecule has 3 unspecified atom stereocenters. The maximum atomic E-state index is 5.61. The zero-order valence-electron chi connectivity index (χ0n) is 19.2. The maximum Gasteiger partial charge on any atom is 0.160 e. The lowest BCUT2D eigenvalue weighted by atomic mass is 9.52. The van der Waals surface area contributed by atoms with Crippen molar-refractivity contribution in [2.24, 2.45) is 5.92 Å². The molecule has 2 fully saturated rings. The Kier molecular flexibility index (Phi) is 5.60. The van der Waals surface area contributed by atoms with Crippen molar-refractivity contribution in [1.82, 2.24) is 4.90 Å². The molecule has 166 valence electrons. The van der Waals surface area contributed by atoms with E-state index in [0.717, 1.165) is 36.1 Å². The number of rotatable bonds is 6. The molecule has 1 aliphatic heterocycles. The van der Waals surface area contributed by atoms with Gasteiger partial charge in [-0.2, -0.15) is 0 Å². The van der Waals surface area contributed by atoms with Crippen molar-refractivity contribution in [3.8, 4) is 17.2 Å². The van der Waals surface area contributed by atoms with Crippen LogP contribution in [0.25, 0.3) is 0 Å². The summed E-state index contributed by atoms with van der Waals surface area (Å²) in [5.74, 6) is 3.42. The van der Waals surface area contributed by atoms with Crippen molar-refractivity contribution in [2.45, 2.75) is 56.4 Å². The van der Waals surface area contributed by atoms with Gasteiger partial charge in [0.05, 0.1) is 21.3 Å². The predicted octanol–water partition coefficient (Wildman–Crippen LogP) is 5.01. The van der Waals surface area contributed by atoms with Gasteiger partial charge in [-0.15, -0.1) is 0 Å². The van der Waals surface area contributed by atoms with Crippen LogP contribution < -0.4 is 14.2 Å². The minimum atomic E-state index is 0.366. The fourth-order valence-corrected chi connectivity index (χ4v) is 6.78. The number of hydrogen-bond donors (Lipinski definition) is 0. The molecule has 2 aromatic rings. The summed E-state index contributed by atoms with van der Waals surface area (Å²) in [6.45, 7) is 2.31. The summed E-state index contributed by atoms with van der Waals surface area (Å²) < 4.78 is 16.5. The van der Waals surface area contributed by atoms with Gasteiger partial charge in [-0.25, -0.2) is 0 Å². The number of likely N-dealkylation sites (tertiary alicyclic amines) is 1. The van der Waals surface area contributed by atoms with Crippen molar-refractivity contribution in [3.63, 3.8) is 0 Å². The van der Waals surface area contributed by atoms with Crippen LogP contribution in [0.3, 0.4) is 0 Å². The van der Waals surface area contributed by atoms with Crippen LogP contribution in [0.1, 0.15) is 48.8 Å². The molecule has 31 heavy (non-hydrogen) atoms. The first-order valence-corrected chi connectivity index (χ1v) is 11.8. The van der Waals surface area contributed by atoms with E-state index in [1.807, 2.05) is 6.07 Å². The highest BCUT2D eigenvalue weighted by atomic mass is 16.5. The van der Waals surface area contributed by atoms with E-state index in [2.05, 4.69) is 35.2 Å². The molecule has 0 spiro atoms. The van der Waals surface area contributed by atoms with Crippen LogP contribution in [0.4, 0.5) is 0 Å². The monoisotopic (exact) mass is 421 g/mol. The maximum absolute atomic E-state index is 5.61. The van der Waals surface area contributed by atoms with Crippen LogP contribution in [-0.4, -0.2) is 45.4 Å². The molecule has 5 rings (SSSR count). The molecule has 4 nitrogen and oxygen atoms in total. The van der Waals surface area contributed by atoms with Gasteiger partial charge < -0.3 is 14.2 Å². The minimum Gasteiger partial charge on any atom is -0.497 e. The Morgan fingerprint density at radius 2 is 1.81 bits per heavy atom. The number of piperidine rings is 1. The van der Waals surface area contributed by atoms with E-state index in [9.17, 15) is 0 Å².